The minimum atomic E-state index is -1.11. The molecule has 4 bridgehead atoms. The molecule has 0 saturated heterocycles. The normalized spacial score (nSPS) is 18.9. The van der Waals surface area contributed by atoms with Crippen molar-refractivity contribution in [1.29, 1.82) is 0 Å². The van der Waals surface area contributed by atoms with Gasteiger partial charge >= 0.3 is 0 Å². The maximum absolute atomic E-state index is 14.1. The fourth-order valence-corrected chi connectivity index (χ4v) is 6.27. The van der Waals surface area contributed by atoms with Crippen molar-refractivity contribution in [2.45, 2.75) is 57.7 Å². The summed E-state index contributed by atoms with van der Waals surface area (Å²) < 4.78 is 17.1. The van der Waals surface area contributed by atoms with Gasteiger partial charge in [0.05, 0.1) is 26.4 Å². The quantitative estimate of drug-likeness (QED) is 0.380. The molecular formula is C36H41N5O7. The van der Waals surface area contributed by atoms with Crippen LogP contribution >= 0.6 is 0 Å². The molecule has 6 rings (SSSR count). The van der Waals surface area contributed by atoms with Crippen molar-refractivity contribution in [3.8, 4) is 28.4 Å². The van der Waals surface area contributed by atoms with E-state index in [1.54, 1.807) is 23.2 Å². The molecule has 1 atom stereocenters. The first-order valence-electron chi connectivity index (χ1n) is 16.3. The molecule has 0 radical (unpaired) electrons. The van der Waals surface area contributed by atoms with E-state index in [9.17, 15) is 19.2 Å². The fraction of sp³-hybridized carbons (Fsp3) is 0.417. The first-order valence-corrected chi connectivity index (χ1v) is 16.3. The highest BCUT2D eigenvalue weighted by atomic mass is 16.5. The standard InChI is InChI=1S/C36H41N5O7/c1-21(2)13-28-33(43)38-10-11-41(34(44)24-5-6-29-23(16-24)7-12-48-29)20-22-14-27(31(47-4)30(15-22)46-3)25-17-26(19-37-18-25)32(42)40-36(8-9-36)35(45)39-28/h5-6,14-19,21,28H,7-13,20H2,1-4H3,(H,38,43)(H,39,45)(H,40,42)/t28-/m1/s1. The third kappa shape index (κ3) is 6.78. The van der Waals surface area contributed by atoms with Crippen LogP contribution < -0.4 is 30.2 Å². The number of benzene rings is 2. The molecule has 3 aliphatic rings. The minimum Gasteiger partial charge on any atom is -0.493 e. The Morgan fingerprint density at radius 3 is 2.58 bits per heavy atom. The summed E-state index contributed by atoms with van der Waals surface area (Å²) in [7, 11) is 3.06. The second-order valence-corrected chi connectivity index (χ2v) is 13.0. The average molecular weight is 656 g/mol. The van der Waals surface area contributed by atoms with E-state index >= 15 is 0 Å². The molecule has 3 heterocycles. The van der Waals surface area contributed by atoms with E-state index in [1.165, 1.54) is 20.4 Å². The molecule has 1 saturated carbocycles. The molecule has 3 aromatic rings. The third-order valence-corrected chi connectivity index (χ3v) is 8.99. The lowest BCUT2D eigenvalue weighted by molar-refractivity contribution is -0.130. The topological polar surface area (TPSA) is 148 Å². The Kier molecular flexibility index (Phi) is 9.25. The van der Waals surface area contributed by atoms with Crippen LogP contribution in [0, 0.1) is 5.92 Å². The zero-order chi connectivity index (χ0) is 34.0. The van der Waals surface area contributed by atoms with Gasteiger partial charge in [0.15, 0.2) is 11.5 Å². The molecule has 1 spiro atoms. The predicted octanol–water partition coefficient (Wildman–Crippen LogP) is 3.27. The number of pyridine rings is 1. The molecule has 3 N–H and O–H groups in total. The molecule has 252 valence electrons. The summed E-state index contributed by atoms with van der Waals surface area (Å²) in [6.45, 7) is 5.04. The molecule has 2 aliphatic heterocycles. The van der Waals surface area contributed by atoms with Crippen LogP contribution in [-0.2, 0) is 22.6 Å². The number of nitrogens with zero attached hydrogens (tertiary/aromatic N) is 2. The second-order valence-electron chi connectivity index (χ2n) is 13.0. The lowest BCUT2D eigenvalue weighted by Crippen LogP contribution is -2.56. The van der Waals surface area contributed by atoms with E-state index in [4.69, 9.17) is 14.2 Å². The van der Waals surface area contributed by atoms with Crippen LogP contribution in [0.15, 0.2) is 48.8 Å². The van der Waals surface area contributed by atoms with Crippen LogP contribution in [0.4, 0.5) is 0 Å². The van der Waals surface area contributed by atoms with Gasteiger partial charge in [-0.25, -0.2) is 0 Å². The molecule has 48 heavy (non-hydrogen) atoms. The number of hydrogen-bond acceptors (Lipinski definition) is 8. The van der Waals surface area contributed by atoms with Crippen molar-refractivity contribution in [3.63, 3.8) is 0 Å². The van der Waals surface area contributed by atoms with Gasteiger partial charge in [0.1, 0.15) is 17.3 Å². The summed E-state index contributed by atoms with van der Waals surface area (Å²) in [5, 5.41) is 8.73. The zero-order valence-corrected chi connectivity index (χ0v) is 27.7. The summed E-state index contributed by atoms with van der Waals surface area (Å²) in [5.41, 5.74) is 2.57. The highest BCUT2D eigenvalue weighted by Crippen LogP contribution is 2.40. The van der Waals surface area contributed by atoms with Gasteiger partial charge in [-0.3, -0.25) is 24.2 Å². The van der Waals surface area contributed by atoms with Crippen molar-refractivity contribution in [3.05, 3.63) is 71.0 Å². The van der Waals surface area contributed by atoms with Gasteiger partial charge in [0, 0.05) is 55.1 Å². The number of carbonyl (C=O) groups excluding carboxylic acids is 4. The SMILES string of the molecule is COc1cc2cc(c1OC)-c1cncc(c1)C(=O)NC1(CC1)C(=O)N[C@H](CC(C)C)C(=O)NCCN(C(=O)c1ccc3c(c1)CCO3)C2. The monoisotopic (exact) mass is 655 g/mol. The molecular weight excluding hydrogens is 614 g/mol. The molecule has 12 heteroatoms. The highest BCUT2D eigenvalue weighted by Gasteiger charge is 2.52. The average Bonchev–Trinajstić information content (AvgIpc) is 3.71. The summed E-state index contributed by atoms with van der Waals surface area (Å²) in [4.78, 5) is 60.6. The largest absolute Gasteiger partial charge is 0.493 e. The van der Waals surface area contributed by atoms with Crippen molar-refractivity contribution in [2.75, 3.05) is 33.9 Å². The smallest absolute Gasteiger partial charge is 0.254 e. The van der Waals surface area contributed by atoms with Gasteiger partial charge in [-0.15, -0.1) is 0 Å². The molecule has 4 amide bonds. The van der Waals surface area contributed by atoms with Gasteiger partial charge in [0.2, 0.25) is 11.8 Å². The Balaban J connectivity index is 1.41. The Morgan fingerprint density at radius 1 is 1.06 bits per heavy atom. The van der Waals surface area contributed by atoms with Gasteiger partial charge in [-0.1, -0.05) is 13.8 Å². The van der Waals surface area contributed by atoms with E-state index in [0.29, 0.717) is 54.1 Å². The van der Waals surface area contributed by atoms with Gasteiger partial charge in [-0.2, -0.15) is 0 Å². The van der Waals surface area contributed by atoms with Crippen LogP contribution in [0.1, 0.15) is 65.0 Å². The number of aromatic nitrogens is 1. The zero-order valence-electron chi connectivity index (χ0n) is 27.7. The number of nitrogens with one attached hydrogen (secondary N) is 3. The van der Waals surface area contributed by atoms with Crippen molar-refractivity contribution < 1.29 is 33.4 Å². The maximum Gasteiger partial charge on any atom is 0.254 e. The van der Waals surface area contributed by atoms with E-state index in [-0.39, 0.29) is 42.9 Å². The van der Waals surface area contributed by atoms with E-state index in [2.05, 4.69) is 20.9 Å². The first-order chi connectivity index (χ1) is 23.1. The lowest BCUT2D eigenvalue weighted by atomic mass is 10.00. The Morgan fingerprint density at radius 2 is 1.85 bits per heavy atom. The summed E-state index contributed by atoms with van der Waals surface area (Å²) in [5.74, 6) is 0.334. The molecule has 1 aliphatic carbocycles. The molecule has 0 unspecified atom stereocenters. The molecule has 1 fully saturated rings. The van der Waals surface area contributed by atoms with Crippen LogP contribution in [-0.4, -0.2) is 79.0 Å². The van der Waals surface area contributed by atoms with Gasteiger partial charge in [-0.05, 0) is 72.7 Å². The number of methoxy groups -OCH3 is 2. The number of ether oxygens (including phenoxy) is 3. The van der Waals surface area contributed by atoms with Crippen LogP contribution in [0.3, 0.4) is 0 Å². The molecule has 1 aromatic heterocycles. The first kappa shape index (κ1) is 32.8. The third-order valence-electron chi connectivity index (χ3n) is 8.99. The minimum absolute atomic E-state index is 0.110. The van der Waals surface area contributed by atoms with Crippen LogP contribution in [0.5, 0.6) is 17.2 Å². The van der Waals surface area contributed by atoms with E-state index in [1.807, 2.05) is 38.1 Å². The number of amides is 4. The molecule has 2 aromatic carbocycles. The maximum atomic E-state index is 14.1. The van der Waals surface area contributed by atoms with Gasteiger partial charge < -0.3 is 35.1 Å². The summed E-state index contributed by atoms with van der Waals surface area (Å²) in [6.07, 6.45) is 5.09. The van der Waals surface area contributed by atoms with Crippen LogP contribution in [0.25, 0.3) is 11.1 Å². The highest BCUT2D eigenvalue weighted by molar-refractivity contribution is 6.02. The number of hydrogen-bond donors (Lipinski definition) is 3. The Hall–Kier alpha value is -5.13. The summed E-state index contributed by atoms with van der Waals surface area (Å²) in [6, 6.07) is 9.99. The Bertz CT molecular complexity index is 1750. The number of fused-ring (bicyclic) bond motifs is 6. The van der Waals surface area contributed by atoms with Gasteiger partial charge in [0.25, 0.3) is 11.8 Å². The van der Waals surface area contributed by atoms with Crippen molar-refractivity contribution in [1.82, 2.24) is 25.8 Å². The van der Waals surface area contributed by atoms with Crippen molar-refractivity contribution >= 4 is 23.6 Å². The lowest BCUT2D eigenvalue weighted by Gasteiger charge is -2.27. The van der Waals surface area contributed by atoms with Crippen LogP contribution in [0.2, 0.25) is 0 Å². The summed E-state index contributed by atoms with van der Waals surface area (Å²) >= 11 is 0. The number of carbonyl (C=O) groups is 4. The van der Waals surface area contributed by atoms with E-state index < -0.39 is 23.4 Å². The second kappa shape index (κ2) is 13.5. The molecule has 12 nitrogen and oxygen atoms in total. The van der Waals surface area contributed by atoms with E-state index in [0.717, 1.165) is 23.3 Å². The Labute approximate surface area is 279 Å². The number of rotatable bonds is 5. The fourth-order valence-electron chi connectivity index (χ4n) is 6.27. The van der Waals surface area contributed by atoms with Crippen molar-refractivity contribution in [2.24, 2.45) is 5.92 Å². The predicted molar refractivity (Wildman–Crippen MR) is 177 cm³/mol.